The number of aryl methyl sites for hydroxylation is 1. The van der Waals surface area contributed by atoms with Gasteiger partial charge < -0.3 is 0 Å². The molecule has 158 valence electrons. The molecule has 0 spiro atoms. The number of non-ortho nitro benzene ring substituents is 1. The molecule has 0 aliphatic carbocycles. The van der Waals surface area contributed by atoms with Crippen molar-refractivity contribution in [1.29, 1.82) is 0 Å². The summed E-state index contributed by atoms with van der Waals surface area (Å²) in [4.78, 5) is 41.7. The number of ketones is 1. The second-order valence-electron chi connectivity index (χ2n) is 7.12. The van der Waals surface area contributed by atoms with Crippen LogP contribution >= 0.6 is 0 Å². The van der Waals surface area contributed by atoms with E-state index in [1.165, 1.54) is 47.8 Å². The summed E-state index contributed by atoms with van der Waals surface area (Å²) in [6.07, 6.45) is 4.05. The number of hydrogen-bond acceptors (Lipinski definition) is 5. The highest BCUT2D eigenvalue weighted by atomic mass is 16.6. The minimum atomic E-state index is -0.546. The average molecular weight is 417 g/mol. The zero-order valence-corrected chi connectivity index (χ0v) is 17.2. The number of pyridine rings is 1. The molecule has 7 heteroatoms. The molecule has 2 aromatic carbocycles. The van der Waals surface area contributed by atoms with Crippen LogP contribution in [0.25, 0.3) is 0 Å². The molecule has 1 aromatic heterocycles. The number of amides is 1. The predicted octanol–water partition coefficient (Wildman–Crippen LogP) is 4.60. The molecule has 7 nitrogen and oxygen atoms in total. The van der Waals surface area contributed by atoms with Gasteiger partial charge >= 0.3 is 0 Å². The molecule has 0 radical (unpaired) electrons. The number of nitrogens with zero attached hydrogens (tertiary/aromatic N) is 3. The SMILES string of the molecule is CC(=O)N(CCCCc1ccccc1)c1ncccc1C(=O)c1cccc([N+](=O)[O-])c1. The zero-order chi connectivity index (χ0) is 22.2. The van der Waals surface area contributed by atoms with Crippen molar-refractivity contribution in [2.24, 2.45) is 0 Å². The summed E-state index contributed by atoms with van der Waals surface area (Å²) in [5.41, 5.74) is 1.48. The fourth-order valence-electron chi connectivity index (χ4n) is 3.36. The van der Waals surface area contributed by atoms with Crippen molar-refractivity contribution in [3.05, 3.63) is 99.7 Å². The first-order chi connectivity index (χ1) is 15.0. The predicted molar refractivity (Wildman–Crippen MR) is 118 cm³/mol. The van der Waals surface area contributed by atoms with Gasteiger partial charge in [-0.05, 0) is 37.0 Å². The molecule has 3 rings (SSSR count). The lowest BCUT2D eigenvalue weighted by molar-refractivity contribution is -0.384. The molecule has 1 heterocycles. The third-order valence-electron chi connectivity index (χ3n) is 4.93. The summed E-state index contributed by atoms with van der Waals surface area (Å²) in [6.45, 7) is 1.86. The van der Waals surface area contributed by atoms with E-state index in [4.69, 9.17) is 0 Å². The quantitative estimate of drug-likeness (QED) is 0.220. The Morgan fingerprint density at radius 1 is 1.00 bits per heavy atom. The molecule has 3 aromatic rings. The number of aromatic nitrogens is 1. The molecule has 0 saturated heterocycles. The Kier molecular flexibility index (Phi) is 7.22. The van der Waals surface area contributed by atoms with E-state index in [0.29, 0.717) is 6.54 Å². The van der Waals surface area contributed by atoms with E-state index in [1.807, 2.05) is 18.2 Å². The number of hydrogen-bond donors (Lipinski definition) is 0. The number of nitro groups is 1. The van der Waals surface area contributed by atoms with E-state index in [2.05, 4.69) is 17.1 Å². The van der Waals surface area contributed by atoms with Crippen molar-refractivity contribution in [3.8, 4) is 0 Å². The van der Waals surface area contributed by atoms with Gasteiger partial charge in [-0.2, -0.15) is 0 Å². The maximum Gasteiger partial charge on any atom is 0.270 e. The van der Waals surface area contributed by atoms with Gasteiger partial charge in [-0.1, -0.05) is 42.5 Å². The fourth-order valence-corrected chi connectivity index (χ4v) is 3.36. The van der Waals surface area contributed by atoms with Crippen LogP contribution in [0.2, 0.25) is 0 Å². The summed E-state index contributed by atoms with van der Waals surface area (Å²) in [7, 11) is 0. The second-order valence-corrected chi connectivity index (χ2v) is 7.12. The summed E-state index contributed by atoms with van der Waals surface area (Å²) < 4.78 is 0. The number of unbranched alkanes of at least 4 members (excludes halogenated alkanes) is 1. The molecule has 0 saturated carbocycles. The van der Waals surface area contributed by atoms with E-state index in [0.717, 1.165) is 19.3 Å². The molecular formula is C24H23N3O4. The van der Waals surface area contributed by atoms with Crippen molar-refractivity contribution in [3.63, 3.8) is 0 Å². The number of benzene rings is 2. The molecule has 0 atom stereocenters. The third kappa shape index (κ3) is 5.60. The van der Waals surface area contributed by atoms with Gasteiger partial charge in [-0.3, -0.25) is 24.6 Å². The van der Waals surface area contributed by atoms with Crippen LogP contribution in [0.1, 0.15) is 41.3 Å². The van der Waals surface area contributed by atoms with Crippen LogP contribution < -0.4 is 4.90 Å². The number of carbonyl (C=O) groups excluding carboxylic acids is 2. The lowest BCUT2D eigenvalue weighted by Gasteiger charge is -2.22. The molecule has 0 unspecified atom stereocenters. The molecule has 0 aliphatic heterocycles. The summed E-state index contributed by atoms with van der Waals surface area (Å²) in [5.74, 6) is -0.361. The van der Waals surface area contributed by atoms with Crippen LogP contribution in [0.3, 0.4) is 0 Å². The summed E-state index contributed by atoms with van der Waals surface area (Å²) in [6, 6.07) is 18.8. The van der Waals surface area contributed by atoms with Gasteiger partial charge in [-0.25, -0.2) is 4.98 Å². The maximum atomic E-state index is 13.1. The number of rotatable bonds is 9. The van der Waals surface area contributed by atoms with Crippen LogP contribution in [0, 0.1) is 10.1 Å². The van der Waals surface area contributed by atoms with Gasteiger partial charge in [-0.15, -0.1) is 0 Å². The number of nitro benzene ring substituents is 1. The first-order valence-electron chi connectivity index (χ1n) is 10.0. The number of anilines is 1. The highest BCUT2D eigenvalue weighted by Crippen LogP contribution is 2.23. The normalized spacial score (nSPS) is 10.5. The molecule has 31 heavy (non-hydrogen) atoms. The van der Waals surface area contributed by atoms with Gasteiger partial charge in [0.15, 0.2) is 5.78 Å². The number of carbonyl (C=O) groups is 2. The molecule has 0 bridgehead atoms. The van der Waals surface area contributed by atoms with Gasteiger partial charge in [0.1, 0.15) is 5.82 Å². The van der Waals surface area contributed by atoms with Crippen molar-refractivity contribution >= 4 is 23.2 Å². The van der Waals surface area contributed by atoms with E-state index >= 15 is 0 Å². The lowest BCUT2D eigenvalue weighted by atomic mass is 10.0. The molecule has 0 aliphatic rings. The zero-order valence-electron chi connectivity index (χ0n) is 17.2. The molecule has 0 N–H and O–H groups in total. The Bertz CT molecular complexity index is 1080. The minimum Gasteiger partial charge on any atom is -0.296 e. The van der Waals surface area contributed by atoms with E-state index in [1.54, 1.807) is 12.1 Å². The Morgan fingerprint density at radius 3 is 2.48 bits per heavy atom. The maximum absolute atomic E-state index is 13.1. The van der Waals surface area contributed by atoms with Crippen LogP contribution in [-0.2, 0) is 11.2 Å². The fraction of sp³-hybridized carbons (Fsp3) is 0.208. The third-order valence-corrected chi connectivity index (χ3v) is 4.93. The van der Waals surface area contributed by atoms with E-state index < -0.39 is 10.7 Å². The highest BCUT2D eigenvalue weighted by Gasteiger charge is 2.22. The Morgan fingerprint density at radius 2 is 1.77 bits per heavy atom. The first-order valence-corrected chi connectivity index (χ1v) is 10.0. The van der Waals surface area contributed by atoms with Gasteiger partial charge in [0.2, 0.25) is 5.91 Å². The van der Waals surface area contributed by atoms with E-state index in [9.17, 15) is 19.7 Å². The average Bonchev–Trinajstić information content (AvgIpc) is 2.79. The summed E-state index contributed by atoms with van der Waals surface area (Å²) in [5, 5.41) is 11.1. The highest BCUT2D eigenvalue weighted by molar-refractivity contribution is 6.13. The van der Waals surface area contributed by atoms with Crippen LogP contribution in [-0.4, -0.2) is 28.1 Å². The summed E-state index contributed by atoms with van der Waals surface area (Å²) >= 11 is 0. The molecular weight excluding hydrogens is 394 g/mol. The molecule has 0 fully saturated rings. The van der Waals surface area contributed by atoms with Gasteiger partial charge in [0, 0.05) is 37.4 Å². The minimum absolute atomic E-state index is 0.166. The first kappa shape index (κ1) is 21.8. The van der Waals surface area contributed by atoms with Gasteiger partial charge in [0.25, 0.3) is 5.69 Å². The van der Waals surface area contributed by atoms with Crippen LogP contribution in [0.5, 0.6) is 0 Å². The van der Waals surface area contributed by atoms with Crippen molar-refractivity contribution in [2.45, 2.75) is 26.2 Å². The van der Waals surface area contributed by atoms with Crippen molar-refractivity contribution in [2.75, 3.05) is 11.4 Å². The Balaban J connectivity index is 1.78. The van der Waals surface area contributed by atoms with Gasteiger partial charge in [0.05, 0.1) is 10.5 Å². The monoisotopic (exact) mass is 417 g/mol. The smallest absolute Gasteiger partial charge is 0.270 e. The van der Waals surface area contributed by atoms with Crippen molar-refractivity contribution in [1.82, 2.24) is 4.98 Å². The largest absolute Gasteiger partial charge is 0.296 e. The second kappa shape index (κ2) is 10.2. The van der Waals surface area contributed by atoms with E-state index in [-0.39, 0.29) is 28.5 Å². The standard InChI is InChI=1S/C24H23N3O4/c1-18(28)26(16-6-5-11-19-9-3-2-4-10-19)24-22(14-8-15-25-24)23(29)20-12-7-13-21(17-20)27(30)31/h2-4,7-10,12-15,17H,5-6,11,16H2,1H3. The van der Waals surface area contributed by atoms with Crippen molar-refractivity contribution < 1.29 is 14.5 Å². The van der Waals surface area contributed by atoms with Crippen LogP contribution in [0.4, 0.5) is 11.5 Å². The Hall–Kier alpha value is -3.87. The topological polar surface area (TPSA) is 93.4 Å². The lowest BCUT2D eigenvalue weighted by Crippen LogP contribution is -2.32. The molecule has 1 amide bonds. The van der Waals surface area contributed by atoms with Crippen LogP contribution in [0.15, 0.2) is 72.9 Å². The Labute approximate surface area is 180 Å².